The first-order chi connectivity index (χ1) is 12.1. The van der Waals surface area contributed by atoms with Crippen molar-refractivity contribution in [1.82, 2.24) is 10.3 Å². The number of nitrogens with one attached hydrogen (secondary N) is 1. The number of nitrogens with zero attached hydrogens (tertiary/aromatic N) is 1. The summed E-state index contributed by atoms with van der Waals surface area (Å²) in [4.78, 5) is 16.7. The van der Waals surface area contributed by atoms with Gasteiger partial charge in [-0.05, 0) is 49.2 Å². The molecule has 0 saturated heterocycles. The van der Waals surface area contributed by atoms with Crippen molar-refractivity contribution in [2.75, 3.05) is 7.11 Å². The van der Waals surface area contributed by atoms with Crippen molar-refractivity contribution in [2.45, 2.75) is 32.7 Å². The highest BCUT2D eigenvalue weighted by molar-refractivity contribution is 5.97. The summed E-state index contributed by atoms with van der Waals surface area (Å²) in [6, 6.07) is 13.3. The molecule has 0 fully saturated rings. The number of fused-ring (bicyclic) bond motifs is 1. The summed E-state index contributed by atoms with van der Waals surface area (Å²) in [5.74, 6) is 1.35. The van der Waals surface area contributed by atoms with Crippen LogP contribution in [0, 0.1) is 0 Å². The van der Waals surface area contributed by atoms with Crippen LogP contribution in [-0.4, -0.2) is 24.0 Å². The van der Waals surface area contributed by atoms with Gasteiger partial charge in [0.15, 0.2) is 11.5 Å². The number of carbonyl (C=O) groups excluding carboxylic acids is 1. The average Bonchev–Trinajstić information content (AvgIpc) is 3.03. The van der Waals surface area contributed by atoms with Crippen LogP contribution in [0.4, 0.5) is 0 Å². The van der Waals surface area contributed by atoms with Crippen molar-refractivity contribution in [3.63, 3.8) is 0 Å². The van der Waals surface area contributed by atoms with E-state index in [0.29, 0.717) is 23.5 Å². The van der Waals surface area contributed by atoms with Gasteiger partial charge in [0.05, 0.1) is 7.11 Å². The molecule has 0 aliphatic heterocycles. The maximum absolute atomic E-state index is 12.2. The third-order valence-electron chi connectivity index (χ3n) is 4.20. The molecular formula is C20H22N2O3. The van der Waals surface area contributed by atoms with Gasteiger partial charge < -0.3 is 14.5 Å². The van der Waals surface area contributed by atoms with Crippen LogP contribution in [0.1, 0.15) is 42.1 Å². The van der Waals surface area contributed by atoms with E-state index < -0.39 is 0 Å². The Hall–Kier alpha value is -2.82. The zero-order valence-electron chi connectivity index (χ0n) is 14.7. The third kappa shape index (κ3) is 3.99. The Morgan fingerprint density at radius 2 is 2.00 bits per heavy atom. The predicted molar refractivity (Wildman–Crippen MR) is 97.0 cm³/mol. The first kappa shape index (κ1) is 17.0. The van der Waals surface area contributed by atoms with Gasteiger partial charge >= 0.3 is 0 Å². The molecule has 0 unspecified atom stereocenters. The van der Waals surface area contributed by atoms with Gasteiger partial charge in [-0.2, -0.15) is 0 Å². The molecule has 1 N–H and O–H groups in total. The van der Waals surface area contributed by atoms with Crippen LogP contribution in [-0.2, 0) is 6.42 Å². The predicted octanol–water partition coefficient (Wildman–Crippen LogP) is 3.96. The van der Waals surface area contributed by atoms with E-state index in [4.69, 9.17) is 9.15 Å². The standard InChI is InChI=1S/C20H22N2O3/c1-4-13(2)21-20(23)15-7-10-17-18(12-15)25-19(22-17)11-14-5-8-16(24-3)9-6-14/h5-10,12-13H,4,11H2,1-3H3,(H,21,23)/t13-/m0/s1. The second-order valence-electron chi connectivity index (χ2n) is 6.10. The fourth-order valence-corrected chi connectivity index (χ4v) is 2.52. The summed E-state index contributed by atoms with van der Waals surface area (Å²) in [6.45, 7) is 4.02. The summed E-state index contributed by atoms with van der Waals surface area (Å²) < 4.78 is 11.0. The van der Waals surface area contributed by atoms with Gasteiger partial charge in [0.2, 0.25) is 0 Å². The number of methoxy groups -OCH3 is 1. The molecule has 0 aliphatic rings. The summed E-state index contributed by atoms with van der Waals surface area (Å²) in [5.41, 5.74) is 3.05. The van der Waals surface area contributed by atoms with Gasteiger partial charge in [0, 0.05) is 18.0 Å². The number of hydrogen-bond acceptors (Lipinski definition) is 4. The molecule has 0 radical (unpaired) electrons. The van der Waals surface area contributed by atoms with E-state index in [1.54, 1.807) is 19.2 Å². The summed E-state index contributed by atoms with van der Waals surface area (Å²) in [6.07, 6.45) is 1.48. The quantitative estimate of drug-likeness (QED) is 0.739. The number of rotatable bonds is 6. The van der Waals surface area contributed by atoms with Crippen LogP contribution in [0.2, 0.25) is 0 Å². The number of oxazole rings is 1. The second-order valence-corrected chi connectivity index (χ2v) is 6.10. The normalized spacial score (nSPS) is 12.1. The van der Waals surface area contributed by atoms with Gasteiger partial charge in [0.25, 0.3) is 5.91 Å². The van der Waals surface area contributed by atoms with Crippen molar-refractivity contribution >= 4 is 17.0 Å². The number of hydrogen-bond donors (Lipinski definition) is 1. The Morgan fingerprint density at radius 1 is 1.24 bits per heavy atom. The van der Waals surface area contributed by atoms with E-state index in [1.807, 2.05) is 44.2 Å². The van der Waals surface area contributed by atoms with Gasteiger partial charge in [-0.25, -0.2) is 4.98 Å². The minimum Gasteiger partial charge on any atom is -0.497 e. The second kappa shape index (κ2) is 7.38. The molecule has 3 rings (SSSR count). The van der Waals surface area contributed by atoms with Gasteiger partial charge in [-0.1, -0.05) is 19.1 Å². The maximum Gasteiger partial charge on any atom is 0.251 e. The third-order valence-corrected chi connectivity index (χ3v) is 4.20. The molecule has 1 amide bonds. The zero-order valence-corrected chi connectivity index (χ0v) is 14.7. The van der Waals surface area contributed by atoms with Crippen LogP contribution >= 0.6 is 0 Å². The number of amides is 1. The maximum atomic E-state index is 12.2. The number of ether oxygens (including phenoxy) is 1. The lowest BCUT2D eigenvalue weighted by atomic mass is 10.1. The van der Waals surface area contributed by atoms with E-state index in [9.17, 15) is 4.79 Å². The molecule has 0 spiro atoms. The lowest BCUT2D eigenvalue weighted by Gasteiger charge is -2.10. The Bertz CT molecular complexity index is 868. The van der Waals surface area contributed by atoms with Crippen molar-refractivity contribution in [2.24, 2.45) is 0 Å². The topological polar surface area (TPSA) is 64.4 Å². The molecule has 5 heteroatoms. The van der Waals surface area contributed by atoms with Crippen LogP contribution in [0.5, 0.6) is 5.75 Å². The van der Waals surface area contributed by atoms with E-state index >= 15 is 0 Å². The Balaban J connectivity index is 1.78. The molecule has 130 valence electrons. The summed E-state index contributed by atoms with van der Waals surface area (Å²) >= 11 is 0. The number of aromatic nitrogens is 1. The first-order valence-electron chi connectivity index (χ1n) is 8.42. The van der Waals surface area contributed by atoms with Gasteiger partial charge in [0.1, 0.15) is 11.3 Å². The highest BCUT2D eigenvalue weighted by Crippen LogP contribution is 2.20. The molecule has 1 heterocycles. The largest absolute Gasteiger partial charge is 0.497 e. The molecule has 25 heavy (non-hydrogen) atoms. The van der Waals surface area contributed by atoms with Crippen LogP contribution in [0.25, 0.3) is 11.1 Å². The van der Waals surface area contributed by atoms with Crippen molar-refractivity contribution in [3.8, 4) is 5.75 Å². The molecular weight excluding hydrogens is 316 g/mol. The smallest absolute Gasteiger partial charge is 0.251 e. The number of carbonyl (C=O) groups is 1. The molecule has 1 atom stereocenters. The minimum absolute atomic E-state index is 0.0932. The molecule has 3 aromatic rings. The molecule has 2 aromatic carbocycles. The highest BCUT2D eigenvalue weighted by atomic mass is 16.5. The zero-order chi connectivity index (χ0) is 17.8. The number of benzene rings is 2. The van der Waals surface area contributed by atoms with Gasteiger partial charge in [-0.3, -0.25) is 4.79 Å². The van der Waals surface area contributed by atoms with E-state index in [0.717, 1.165) is 23.3 Å². The highest BCUT2D eigenvalue weighted by Gasteiger charge is 2.12. The van der Waals surface area contributed by atoms with Crippen molar-refractivity contribution in [1.29, 1.82) is 0 Å². The van der Waals surface area contributed by atoms with Crippen molar-refractivity contribution < 1.29 is 13.9 Å². The first-order valence-corrected chi connectivity index (χ1v) is 8.42. The van der Waals surface area contributed by atoms with Crippen LogP contribution < -0.4 is 10.1 Å². The lowest BCUT2D eigenvalue weighted by Crippen LogP contribution is -2.31. The summed E-state index contributed by atoms with van der Waals surface area (Å²) in [5, 5.41) is 2.96. The van der Waals surface area contributed by atoms with E-state index in [2.05, 4.69) is 10.3 Å². The van der Waals surface area contributed by atoms with Crippen LogP contribution in [0.15, 0.2) is 46.9 Å². The Labute approximate surface area is 147 Å². The van der Waals surface area contributed by atoms with Gasteiger partial charge in [-0.15, -0.1) is 0 Å². The van der Waals surface area contributed by atoms with E-state index in [1.165, 1.54) is 0 Å². The molecule has 0 bridgehead atoms. The van der Waals surface area contributed by atoms with Crippen molar-refractivity contribution in [3.05, 3.63) is 59.5 Å². The Kier molecular flexibility index (Phi) is 5.03. The SMILES string of the molecule is CC[C@H](C)NC(=O)c1ccc2nc(Cc3ccc(OC)cc3)oc2c1. The van der Waals surface area contributed by atoms with E-state index in [-0.39, 0.29) is 11.9 Å². The fourth-order valence-electron chi connectivity index (χ4n) is 2.52. The average molecular weight is 338 g/mol. The summed E-state index contributed by atoms with van der Waals surface area (Å²) in [7, 11) is 1.64. The Morgan fingerprint density at radius 3 is 2.68 bits per heavy atom. The fraction of sp³-hybridized carbons (Fsp3) is 0.300. The molecule has 1 aromatic heterocycles. The monoisotopic (exact) mass is 338 g/mol. The molecule has 0 aliphatic carbocycles. The minimum atomic E-state index is -0.0932. The van der Waals surface area contributed by atoms with Crippen LogP contribution in [0.3, 0.4) is 0 Å². The lowest BCUT2D eigenvalue weighted by molar-refractivity contribution is 0.0939. The molecule has 0 saturated carbocycles. The molecule has 5 nitrogen and oxygen atoms in total.